The fraction of sp³-hybridized carbons (Fsp3) is 0.0714. The summed E-state index contributed by atoms with van der Waals surface area (Å²) in [5.74, 6) is 0. The van der Waals surface area contributed by atoms with Crippen molar-refractivity contribution in [3.63, 3.8) is 0 Å². The van der Waals surface area contributed by atoms with E-state index < -0.39 is 0 Å². The Morgan fingerprint density at radius 3 is 2.31 bits per heavy atom. The van der Waals surface area contributed by atoms with Crippen LogP contribution < -0.4 is 5.43 Å². The van der Waals surface area contributed by atoms with Crippen LogP contribution in [0.5, 0.6) is 0 Å². The second-order valence-electron chi connectivity index (χ2n) is 3.65. The number of benzene rings is 2. The van der Waals surface area contributed by atoms with Gasteiger partial charge in [0.05, 0.1) is 11.9 Å². The number of hydrazone groups is 1. The van der Waals surface area contributed by atoms with Gasteiger partial charge in [0.15, 0.2) is 0 Å². The average molecular weight is 210 g/mol. The van der Waals surface area contributed by atoms with Crippen LogP contribution in [0.2, 0.25) is 0 Å². The Labute approximate surface area is 95.6 Å². The van der Waals surface area contributed by atoms with Crippen molar-refractivity contribution in [2.24, 2.45) is 5.10 Å². The molecule has 0 fully saturated rings. The molecule has 0 aliphatic heterocycles. The van der Waals surface area contributed by atoms with Crippen molar-refractivity contribution >= 4 is 11.9 Å². The van der Waals surface area contributed by atoms with Crippen molar-refractivity contribution in [2.75, 3.05) is 5.43 Å². The molecule has 2 aromatic carbocycles. The number of anilines is 1. The molecule has 0 saturated carbocycles. The molecule has 0 spiro atoms. The zero-order chi connectivity index (χ0) is 11.2. The van der Waals surface area contributed by atoms with Crippen LogP contribution in [0, 0.1) is 6.92 Å². The summed E-state index contributed by atoms with van der Waals surface area (Å²) >= 11 is 0. The second kappa shape index (κ2) is 5.12. The summed E-state index contributed by atoms with van der Waals surface area (Å²) in [5, 5.41) is 4.17. The van der Waals surface area contributed by atoms with E-state index in [1.807, 2.05) is 48.7 Å². The predicted molar refractivity (Wildman–Crippen MR) is 68.8 cm³/mol. The molecule has 2 nitrogen and oxygen atoms in total. The van der Waals surface area contributed by atoms with Crippen LogP contribution in [0.25, 0.3) is 0 Å². The molecule has 0 atom stereocenters. The Kier molecular flexibility index (Phi) is 3.34. The molecule has 0 heterocycles. The molecule has 0 unspecified atom stereocenters. The first-order chi connectivity index (χ1) is 7.84. The van der Waals surface area contributed by atoms with Gasteiger partial charge in [0.2, 0.25) is 0 Å². The van der Waals surface area contributed by atoms with Crippen molar-refractivity contribution in [1.29, 1.82) is 0 Å². The minimum absolute atomic E-state index is 0.992. The lowest BCUT2D eigenvalue weighted by atomic mass is 10.2. The van der Waals surface area contributed by atoms with Crippen molar-refractivity contribution in [1.82, 2.24) is 0 Å². The molecule has 80 valence electrons. The van der Waals surface area contributed by atoms with Gasteiger partial charge in [-0.15, -0.1) is 0 Å². The third kappa shape index (κ3) is 2.95. The number of aryl methyl sites for hydroxylation is 1. The highest BCUT2D eigenvalue weighted by molar-refractivity contribution is 5.80. The monoisotopic (exact) mass is 210 g/mol. The number of rotatable bonds is 3. The first-order valence-corrected chi connectivity index (χ1v) is 5.25. The Morgan fingerprint density at radius 2 is 1.62 bits per heavy atom. The number of hydrogen-bond acceptors (Lipinski definition) is 2. The summed E-state index contributed by atoms with van der Waals surface area (Å²) in [7, 11) is 0. The van der Waals surface area contributed by atoms with Crippen LogP contribution in [0.15, 0.2) is 59.7 Å². The minimum atomic E-state index is 0.992. The number of nitrogens with zero attached hydrogens (tertiary/aromatic N) is 1. The summed E-state index contributed by atoms with van der Waals surface area (Å²) in [6, 6.07) is 18.1. The number of hydrogen-bond donors (Lipinski definition) is 1. The molecule has 16 heavy (non-hydrogen) atoms. The molecule has 0 saturated heterocycles. The van der Waals surface area contributed by atoms with Crippen LogP contribution >= 0.6 is 0 Å². The lowest BCUT2D eigenvalue weighted by molar-refractivity contribution is 1.35. The topological polar surface area (TPSA) is 24.4 Å². The molecule has 1 N–H and O–H groups in total. The van der Waals surface area contributed by atoms with Crippen molar-refractivity contribution < 1.29 is 0 Å². The standard InChI is InChI=1S/C14H14N2/c1-12-7-9-13(10-8-12)11-15-16-14-5-3-2-4-6-14/h2-11,16H,1H3. The van der Waals surface area contributed by atoms with E-state index in [0.717, 1.165) is 11.3 Å². The maximum absolute atomic E-state index is 4.17. The zero-order valence-corrected chi connectivity index (χ0v) is 9.22. The summed E-state index contributed by atoms with van der Waals surface area (Å²) in [5.41, 5.74) is 6.32. The molecule has 0 radical (unpaired) electrons. The molecule has 2 heteroatoms. The van der Waals surface area contributed by atoms with Gasteiger partial charge in [0.25, 0.3) is 0 Å². The third-order valence-electron chi connectivity index (χ3n) is 2.26. The second-order valence-corrected chi connectivity index (χ2v) is 3.65. The lowest BCUT2D eigenvalue weighted by Gasteiger charge is -1.98. The highest BCUT2D eigenvalue weighted by atomic mass is 15.3. The van der Waals surface area contributed by atoms with Gasteiger partial charge in [-0.3, -0.25) is 5.43 Å². The van der Waals surface area contributed by atoms with E-state index in [1.165, 1.54) is 5.56 Å². The van der Waals surface area contributed by atoms with E-state index in [0.29, 0.717) is 0 Å². The van der Waals surface area contributed by atoms with Gasteiger partial charge in [-0.25, -0.2) is 0 Å². The van der Waals surface area contributed by atoms with Crippen molar-refractivity contribution in [2.45, 2.75) is 6.92 Å². The largest absolute Gasteiger partial charge is 0.279 e. The van der Waals surface area contributed by atoms with Gasteiger partial charge in [0, 0.05) is 0 Å². The number of para-hydroxylation sites is 1. The van der Waals surface area contributed by atoms with Crippen LogP contribution in [0.1, 0.15) is 11.1 Å². The molecule has 2 rings (SSSR count). The van der Waals surface area contributed by atoms with Crippen molar-refractivity contribution in [3.8, 4) is 0 Å². The van der Waals surface area contributed by atoms with Crippen LogP contribution in [0.3, 0.4) is 0 Å². The zero-order valence-electron chi connectivity index (χ0n) is 9.22. The molecular weight excluding hydrogens is 196 g/mol. The molecule has 0 bridgehead atoms. The first kappa shape index (κ1) is 10.4. The highest BCUT2D eigenvalue weighted by Gasteiger charge is 1.87. The van der Waals surface area contributed by atoms with Crippen LogP contribution in [0.4, 0.5) is 5.69 Å². The van der Waals surface area contributed by atoms with Gasteiger partial charge in [-0.1, -0.05) is 48.0 Å². The van der Waals surface area contributed by atoms with Gasteiger partial charge >= 0.3 is 0 Å². The van der Waals surface area contributed by atoms with Crippen LogP contribution in [-0.4, -0.2) is 6.21 Å². The molecule has 0 aliphatic rings. The van der Waals surface area contributed by atoms with Gasteiger partial charge in [0.1, 0.15) is 0 Å². The molecule has 0 amide bonds. The Bertz CT molecular complexity index is 458. The number of nitrogens with one attached hydrogen (secondary N) is 1. The van der Waals surface area contributed by atoms with E-state index in [1.54, 1.807) is 0 Å². The summed E-state index contributed by atoms with van der Waals surface area (Å²) in [4.78, 5) is 0. The molecular formula is C14H14N2. The molecule has 2 aromatic rings. The van der Waals surface area contributed by atoms with Crippen molar-refractivity contribution in [3.05, 3.63) is 65.7 Å². The summed E-state index contributed by atoms with van der Waals surface area (Å²) in [6.45, 7) is 2.07. The van der Waals surface area contributed by atoms with E-state index in [-0.39, 0.29) is 0 Å². The van der Waals surface area contributed by atoms with E-state index in [2.05, 4.69) is 29.6 Å². The summed E-state index contributed by atoms with van der Waals surface area (Å²) in [6.07, 6.45) is 1.81. The van der Waals surface area contributed by atoms with E-state index >= 15 is 0 Å². The third-order valence-corrected chi connectivity index (χ3v) is 2.26. The summed E-state index contributed by atoms with van der Waals surface area (Å²) < 4.78 is 0. The van der Waals surface area contributed by atoms with E-state index in [4.69, 9.17) is 0 Å². The smallest absolute Gasteiger partial charge is 0.0561 e. The normalized spacial score (nSPS) is 10.6. The Hall–Kier alpha value is -2.09. The van der Waals surface area contributed by atoms with Gasteiger partial charge < -0.3 is 0 Å². The van der Waals surface area contributed by atoms with E-state index in [9.17, 15) is 0 Å². The maximum Gasteiger partial charge on any atom is 0.0561 e. The highest BCUT2D eigenvalue weighted by Crippen LogP contribution is 2.05. The fourth-order valence-electron chi connectivity index (χ4n) is 1.35. The molecule has 0 aliphatic carbocycles. The van der Waals surface area contributed by atoms with Gasteiger partial charge in [-0.2, -0.15) is 5.10 Å². The predicted octanol–water partition coefficient (Wildman–Crippen LogP) is 3.44. The van der Waals surface area contributed by atoms with Crippen LogP contribution in [-0.2, 0) is 0 Å². The molecule has 0 aromatic heterocycles. The fourth-order valence-corrected chi connectivity index (χ4v) is 1.35. The Balaban J connectivity index is 1.98. The van der Waals surface area contributed by atoms with Gasteiger partial charge in [-0.05, 0) is 24.6 Å². The first-order valence-electron chi connectivity index (χ1n) is 5.25. The quantitative estimate of drug-likeness (QED) is 0.609. The Morgan fingerprint density at radius 1 is 0.938 bits per heavy atom. The maximum atomic E-state index is 4.17. The average Bonchev–Trinajstić information content (AvgIpc) is 2.33. The SMILES string of the molecule is Cc1ccc(C=NNc2ccccc2)cc1. The lowest BCUT2D eigenvalue weighted by Crippen LogP contribution is -1.89. The minimum Gasteiger partial charge on any atom is -0.279 e.